The van der Waals surface area contributed by atoms with Gasteiger partial charge in [-0.3, -0.25) is 5.84 Å². The summed E-state index contributed by atoms with van der Waals surface area (Å²) in [7, 11) is 0. The zero-order valence-electron chi connectivity index (χ0n) is 7.43. The van der Waals surface area contributed by atoms with Crippen molar-refractivity contribution in [3.05, 3.63) is 6.42 Å². The van der Waals surface area contributed by atoms with Crippen LogP contribution in [0.15, 0.2) is 0 Å². The maximum Gasteiger partial charge on any atom is 1.00 e. The van der Waals surface area contributed by atoms with Gasteiger partial charge in [0.1, 0.15) is 0 Å². The summed E-state index contributed by atoms with van der Waals surface area (Å²) < 4.78 is 0. The summed E-state index contributed by atoms with van der Waals surface area (Å²) in [6.45, 7) is 6.19. The van der Waals surface area contributed by atoms with Gasteiger partial charge in [-0.05, 0) is 12.8 Å². The summed E-state index contributed by atoms with van der Waals surface area (Å²) in [5.74, 6) is 5.37. The maximum absolute atomic E-state index is 5.37. The number of nitrogens with two attached hydrogens (primary N) is 1. The standard InChI is InChI=1S/C4H10N2.C3H7.Na/c5-6-3-1-2-4-6;1-3-2;/h1-5H2;3H,1-2H3;/q;-1;+1. The zero-order chi connectivity index (χ0) is 7.11. The summed E-state index contributed by atoms with van der Waals surface area (Å²) in [4.78, 5) is 0. The van der Waals surface area contributed by atoms with Crippen molar-refractivity contribution in [1.29, 1.82) is 0 Å². The van der Waals surface area contributed by atoms with Crippen molar-refractivity contribution in [2.75, 3.05) is 13.1 Å². The van der Waals surface area contributed by atoms with Gasteiger partial charge in [0.25, 0.3) is 0 Å². The molecule has 1 aliphatic heterocycles. The van der Waals surface area contributed by atoms with Gasteiger partial charge in [0.2, 0.25) is 0 Å². The van der Waals surface area contributed by atoms with Crippen LogP contribution in [0.2, 0.25) is 0 Å². The Balaban J connectivity index is 0. The topological polar surface area (TPSA) is 29.3 Å². The number of hydrogen-bond acceptors (Lipinski definition) is 2. The number of nitrogens with zero attached hydrogens (tertiary/aromatic N) is 1. The van der Waals surface area contributed by atoms with E-state index in [0.29, 0.717) is 0 Å². The molecule has 0 unspecified atom stereocenters. The van der Waals surface area contributed by atoms with Crippen molar-refractivity contribution in [3.63, 3.8) is 0 Å². The second-order valence-electron chi connectivity index (χ2n) is 2.32. The Morgan fingerprint density at radius 1 is 1.20 bits per heavy atom. The summed E-state index contributed by atoms with van der Waals surface area (Å²) in [6, 6.07) is 0. The molecule has 0 bridgehead atoms. The fourth-order valence-corrected chi connectivity index (χ4v) is 0.742. The molecule has 0 spiro atoms. The Morgan fingerprint density at radius 3 is 1.60 bits per heavy atom. The average Bonchev–Trinajstić information content (AvgIpc) is 2.20. The maximum atomic E-state index is 5.37. The van der Waals surface area contributed by atoms with E-state index < -0.39 is 0 Å². The van der Waals surface area contributed by atoms with E-state index >= 15 is 0 Å². The third kappa shape index (κ3) is 8.92. The molecule has 3 heteroatoms. The van der Waals surface area contributed by atoms with Crippen LogP contribution < -0.4 is 35.4 Å². The fourth-order valence-electron chi connectivity index (χ4n) is 0.742. The first-order chi connectivity index (χ1) is 4.31. The van der Waals surface area contributed by atoms with Crippen LogP contribution >= 0.6 is 0 Å². The first-order valence-corrected chi connectivity index (χ1v) is 3.55. The van der Waals surface area contributed by atoms with E-state index in [2.05, 4.69) is 0 Å². The van der Waals surface area contributed by atoms with E-state index in [4.69, 9.17) is 5.84 Å². The Labute approximate surface area is 86.4 Å². The zero-order valence-corrected chi connectivity index (χ0v) is 9.43. The molecule has 0 atom stereocenters. The Hall–Kier alpha value is 0.920. The Morgan fingerprint density at radius 2 is 1.50 bits per heavy atom. The van der Waals surface area contributed by atoms with Gasteiger partial charge in [0.15, 0.2) is 0 Å². The van der Waals surface area contributed by atoms with Crippen LogP contribution in [0.25, 0.3) is 0 Å². The van der Waals surface area contributed by atoms with Gasteiger partial charge < -0.3 is 6.42 Å². The van der Waals surface area contributed by atoms with Crippen LogP contribution in [0.1, 0.15) is 26.7 Å². The quantitative estimate of drug-likeness (QED) is 0.252. The molecule has 0 aromatic heterocycles. The predicted molar refractivity (Wildman–Crippen MR) is 40.6 cm³/mol. The van der Waals surface area contributed by atoms with Crippen LogP contribution in [0.3, 0.4) is 0 Å². The Kier molecular flexibility index (Phi) is 13.4. The predicted octanol–water partition coefficient (Wildman–Crippen LogP) is -1.81. The van der Waals surface area contributed by atoms with Crippen molar-refractivity contribution in [3.8, 4) is 0 Å². The van der Waals surface area contributed by atoms with E-state index in [1.807, 2.05) is 25.3 Å². The van der Waals surface area contributed by atoms with Gasteiger partial charge in [-0.15, -0.1) is 0 Å². The van der Waals surface area contributed by atoms with Crippen molar-refractivity contribution in [2.45, 2.75) is 26.7 Å². The molecule has 0 aromatic rings. The second kappa shape index (κ2) is 9.92. The number of hydrazine groups is 1. The smallest absolute Gasteiger partial charge is 0.335 e. The van der Waals surface area contributed by atoms with E-state index in [1.54, 1.807) is 0 Å². The fraction of sp³-hybridized carbons (Fsp3) is 0.857. The third-order valence-electron chi connectivity index (χ3n) is 1.14. The molecular formula is C7H17N2Na. The van der Waals surface area contributed by atoms with Crippen molar-refractivity contribution < 1.29 is 29.6 Å². The number of rotatable bonds is 0. The van der Waals surface area contributed by atoms with E-state index in [9.17, 15) is 0 Å². The monoisotopic (exact) mass is 152 g/mol. The minimum atomic E-state index is 0. The van der Waals surface area contributed by atoms with Crippen molar-refractivity contribution in [1.82, 2.24) is 5.01 Å². The first-order valence-electron chi connectivity index (χ1n) is 3.55. The van der Waals surface area contributed by atoms with Crippen LogP contribution in [-0.4, -0.2) is 18.1 Å². The van der Waals surface area contributed by atoms with Gasteiger partial charge in [-0.25, -0.2) is 5.01 Å². The summed E-state index contributed by atoms with van der Waals surface area (Å²) in [5, 5.41) is 1.86. The van der Waals surface area contributed by atoms with Gasteiger partial charge in [0.05, 0.1) is 0 Å². The molecule has 1 fully saturated rings. The molecule has 1 heterocycles. The van der Waals surface area contributed by atoms with Crippen LogP contribution in [0, 0.1) is 6.42 Å². The number of hydrogen-bond donors (Lipinski definition) is 1. The molecule has 2 N–H and O–H groups in total. The average molecular weight is 152 g/mol. The molecule has 0 aliphatic carbocycles. The molecule has 56 valence electrons. The normalized spacial score (nSPS) is 17.1. The Bertz CT molecular complexity index is 53.6. The van der Waals surface area contributed by atoms with Gasteiger partial charge in [-0.2, -0.15) is 13.8 Å². The second-order valence-corrected chi connectivity index (χ2v) is 2.32. The summed E-state index contributed by atoms with van der Waals surface area (Å²) in [5.41, 5.74) is 0. The minimum Gasteiger partial charge on any atom is -0.335 e. The van der Waals surface area contributed by atoms with E-state index in [-0.39, 0.29) is 29.6 Å². The first kappa shape index (κ1) is 13.5. The van der Waals surface area contributed by atoms with Crippen LogP contribution in [0.5, 0.6) is 0 Å². The van der Waals surface area contributed by atoms with Crippen LogP contribution in [0.4, 0.5) is 0 Å². The summed E-state index contributed by atoms with van der Waals surface area (Å²) >= 11 is 0. The van der Waals surface area contributed by atoms with Gasteiger partial charge in [0, 0.05) is 13.1 Å². The minimum absolute atomic E-state index is 0. The van der Waals surface area contributed by atoms with Gasteiger partial charge >= 0.3 is 29.6 Å². The van der Waals surface area contributed by atoms with Gasteiger partial charge in [-0.1, -0.05) is 0 Å². The molecule has 0 amide bonds. The third-order valence-corrected chi connectivity index (χ3v) is 1.14. The molecule has 0 saturated carbocycles. The molecule has 2 nitrogen and oxygen atoms in total. The molecule has 1 aliphatic rings. The van der Waals surface area contributed by atoms with Crippen molar-refractivity contribution in [2.24, 2.45) is 5.84 Å². The molecule has 0 radical (unpaired) electrons. The summed E-state index contributed by atoms with van der Waals surface area (Å²) in [6.07, 6.45) is 4.58. The molecule has 1 saturated heterocycles. The van der Waals surface area contributed by atoms with E-state index in [0.717, 1.165) is 13.1 Å². The van der Waals surface area contributed by atoms with Crippen LogP contribution in [-0.2, 0) is 0 Å². The molecule has 10 heavy (non-hydrogen) atoms. The van der Waals surface area contributed by atoms with Crippen molar-refractivity contribution >= 4 is 0 Å². The molecule has 1 rings (SSSR count). The molecular weight excluding hydrogens is 135 g/mol. The SMILES string of the molecule is C[CH-]C.NN1CCCC1.[Na+]. The molecule has 0 aromatic carbocycles. The van der Waals surface area contributed by atoms with E-state index in [1.165, 1.54) is 12.8 Å². The largest absolute Gasteiger partial charge is 1.00 e.